The monoisotopic (exact) mass is 278 g/mol. The summed E-state index contributed by atoms with van der Waals surface area (Å²) in [7, 11) is 0. The van der Waals surface area contributed by atoms with E-state index in [-0.39, 0.29) is 18.6 Å². The highest BCUT2D eigenvalue weighted by molar-refractivity contribution is 5.77. The number of ether oxygens (including phenoxy) is 1. The molecule has 0 radical (unpaired) electrons. The molecule has 0 bridgehead atoms. The Morgan fingerprint density at radius 3 is 2.75 bits per heavy atom. The van der Waals surface area contributed by atoms with Crippen LogP contribution in [0.1, 0.15) is 39.2 Å². The molecule has 0 aliphatic carbocycles. The molecule has 1 atom stereocenters. The van der Waals surface area contributed by atoms with Gasteiger partial charge in [0.25, 0.3) is 5.91 Å². The van der Waals surface area contributed by atoms with E-state index in [2.05, 4.69) is 17.6 Å². The zero-order valence-corrected chi connectivity index (χ0v) is 12.7. The molecule has 1 rings (SSSR count). The second kappa shape index (κ2) is 9.37. The minimum atomic E-state index is -0.0735. The summed E-state index contributed by atoms with van der Waals surface area (Å²) in [6, 6.07) is 8.01. The van der Waals surface area contributed by atoms with Crippen LogP contribution in [-0.4, -0.2) is 25.1 Å². The van der Waals surface area contributed by atoms with Gasteiger partial charge in [-0.1, -0.05) is 32.0 Å². The maximum absolute atomic E-state index is 11.7. The summed E-state index contributed by atoms with van der Waals surface area (Å²) in [5, 5.41) is 6.23. The van der Waals surface area contributed by atoms with Crippen molar-refractivity contribution in [2.24, 2.45) is 0 Å². The minimum absolute atomic E-state index is 0.0646. The molecule has 1 unspecified atom stereocenters. The molecule has 0 aliphatic heterocycles. The summed E-state index contributed by atoms with van der Waals surface area (Å²) in [4.78, 5) is 11.7. The van der Waals surface area contributed by atoms with Crippen LogP contribution in [0.25, 0.3) is 0 Å². The Hall–Kier alpha value is -1.55. The zero-order valence-electron chi connectivity index (χ0n) is 12.7. The Morgan fingerprint density at radius 1 is 1.30 bits per heavy atom. The first-order chi connectivity index (χ1) is 9.67. The molecule has 0 aromatic heterocycles. The third-order valence-corrected chi connectivity index (χ3v) is 3.09. The summed E-state index contributed by atoms with van der Waals surface area (Å²) in [5.74, 6) is 0.700. The van der Waals surface area contributed by atoms with Gasteiger partial charge >= 0.3 is 0 Å². The van der Waals surface area contributed by atoms with Gasteiger partial charge in [-0.25, -0.2) is 0 Å². The van der Waals surface area contributed by atoms with Crippen molar-refractivity contribution < 1.29 is 9.53 Å². The fraction of sp³-hybridized carbons (Fsp3) is 0.562. The molecule has 0 fully saturated rings. The maximum atomic E-state index is 11.7. The molecular weight excluding hydrogens is 252 g/mol. The number of benzene rings is 1. The first kappa shape index (κ1) is 16.5. The molecule has 0 saturated carbocycles. The molecular formula is C16H26N2O2. The van der Waals surface area contributed by atoms with Gasteiger partial charge in [0, 0.05) is 18.2 Å². The molecule has 20 heavy (non-hydrogen) atoms. The van der Waals surface area contributed by atoms with E-state index < -0.39 is 0 Å². The molecule has 1 aromatic carbocycles. The molecule has 1 amide bonds. The number of carbonyl (C=O) groups is 1. The molecule has 4 heteroatoms. The molecule has 1 aromatic rings. The Balaban J connectivity index is 2.48. The van der Waals surface area contributed by atoms with E-state index in [0.717, 1.165) is 37.2 Å². The predicted molar refractivity (Wildman–Crippen MR) is 81.8 cm³/mol. The van der Waals surface area contributed by atoms with Gasteiger partial charge in [-0.05, 0) is 32.4 Å². The maximum Gasteiger partial charge on any atom is 0.258 e. The summed E-state index contributed by atoms with van der Waals surface area (Å²) >= 11 is 0. The third-order valence-electron chi connectivity index (χ3n) is 3.09. The van der Waals surface area contributed by atoms with Crippen molar-refractivity contribution in [3.8, 4) is 5.75 Å². The van der Waals surface area contributed by atoms with E-state index in [1.54, 1.807) is 0 Å². The van der Waals surface area contributed by atoms with Crippen LogP contribution in [0.5, 0.6) is 5.75 Å². The Bertz CT molecular complexity index is 407. The number of nitrogens with one attached hydrogen (secondary N) is 2. The summed E-state index contributed by atoms with van der Waals surface area (Å²) in [6.07, 6.45) is 2.02. The third kappa shape index (κ3) is 6.06. The number of amides is 1. The van der Waals surface area contributed by atoms with Crippen molar-refractivity contribution in [2.75, 3.05) is 13.2 Å². The minimum Gasteiger partial charge on any atom is -0.483 e. The van der Waals surface area contributed by atoms with Gasteiger partial charge in [0.05, 0.1) is 0 Å². The lowest BCUT2D eigenvalue weighted by atomic mass is 10.2. The Labute approximate surface area is 121 Å². The zero-order chi connectivity index (χ0) is 14.8. The lowest BCUT2D eigenvalue weighted by Crippen LogP contribution is -2.35. The molecule has 0 heterocycles. The summed E-state index contributed by atoms with van der Waals surface area (Å²) in [5.41, 5.74) is 1.08. The van der Waals surface area contributed by atoms with Gasteiger partial charge in [0.15, 0.2) is 6.61 Å². The number of hydrogen-bond donors (Lipinski definition) is 2. The average Bonchev–Trinajstić information content (AvgIpc) is 2.46. The van der Waals surface area contributed by atoms with Crippen molar-refractivity contribution in [1.82, 2.24) is 10.6 Å². The van der Waals surface area contributed by atoms with Gasteiger partial charge in [-0.2, -0.15) is 0 Å². The van der Waals surface area contributed by atoms with E-state index >= 15 is 0 Å². The molecule has 0 saturated heterocycles. The van der Waals surface area contributed by atoms with Crippen molar-refractivity contribution in [1.29, 1.82) is 0 Å². The van der Waals surface area contributed by atoms with E-state index in [4.69, 9.17) is 4.74 Å². The normalized spacial score (nSPS) is 11.9. The fourth-order valence-electron chi connectivity index (χ4n) is 1.75. The van der Waals surface area contributed by atoms with Crippen LogP contribution >= 0.6 is 0 Å². The van der Waals surface area contributed by atoms with Gasteiger partial charge in [0.1, 0.15) is 5.75 Å². The van der Waals surface area contributed by atoms with Crippen LogP contribution in [0.4, 0.5) is 0 Å². The number of para-hydroxylation sites is 1. The van der Waals surface area contributed by atoms with Gasteiger partial charge < -0.3 is 15.4 Å². The fourth-order valence-corrected chi connectivity index (χ4v) is 1.75. The summed E-state index contributed by atoms with van der Waals surface area (Å²) < 4.78 is 5.62. The molecule has 112 valence electrons. The van der Waals surface area contributed by atoms with Crippen LogP contribution in [0, 0.1) is 0 Å². The van der Waals surface area contributed by atoms with E-state index in [1.165, 1.54) is 0 Å². The van der Waals surface area contributed by atoms with Crippen LogP contribution in [-0.2, 0) is 11.3 Å². The lowest BCUT2D eigenvalue weighted by molar-refractivity contribution is -0.123. The molecule has 0 aliphatic rings. The van der Waals surface area contributed by atoms with Crippen molar-refractivity contribution >= 4 is 5.91 Å². The number of rotatable bonds is 9. The standard InChI is InChI=1S/C16H26N2O2/c1-4-10-17-11-14-8-6-7-9-15(14)20-12-16(19)18-13(3)5-2/h6-9,13,17H,4-5,10-12H2,1-3H3,(H,18,19). The molecule has 2 N–H and O–H groups in total. The van der Waals surface area contributed by atoms with Gasteiger partial charge in [0.2, 0.25) is 0 Å². The van der Waals surface area contributed by atoms with E-state index in [1.807, 2.05) is 38.1 Å². The SMILES string of the molecule is CCCNCc1ccccc1OCC(=O)NC(C)CC. The van der Waals surface area contributed by atoms with Crippen LogP contribution in [0.3, 0.4) is 0 Å². The van der Waals surface area contributed by atoms with Crippen LogP contribution in [0.2, 0.25) is 0 Å². The first-order valence-corrected chi connectivity index (χ1v) is 7.38. The first-order valence-electron chi connectivity index (χ1n) is 7.38. The van der Waals surface area contributed by atoms with Crippen molar-refractivity contribution in [2.45, 2.75) is 46.2 Å². The second-order valence-corrected chi connectivity index (χ2v) is 4.95. The quantitative estimate of drug-likeness (QED) is 0.682. The summed E-state index contributed by atoms with van der Waals surface area (Å²) in [6.45, 7) is 7.96. The van der Waals surface area contributed by atoms with E-state index in [9.17, 15) is 4.79 Å². The highest BCUT2D eigenvalue weighted by Gasteiger charge is 2.08. The Kier molecular flexibility index (Phi) is 7.73. The molecule has 4 nitrogen and oxygen atoms in total. The largest absolute Gasteiger partial charge is 0.483 e. The second-order valence-electron chi connectivity index (χ2n) is 4.95. The Morgan fingerprint density at radius 2 is 2.05 bits per heavy atom. The smallest absolute Gasteiger partial charge is 0.258 e. The van der Waals surface area contributed by atoms with E-state index in [0.29, 0.717) is 0 Å². The van der Waals surface area contributed by atoms with Crippen molar-refractivity contribution in [3.05, 3.63) is 29.8 Å². The highest BCUT2D eigenvalue weighted by Crippen LogP contribution is 2.17. The number of hydrogen-bond acceptors (Lipinski definition) is 3. The van der Waals surface area contributed by atoms with Gasteiger partial charge in [-0.15, -0.1) is 0 Å². The molecule has 0 spiro atoms. The predicted octanol–water partition coefficient (Wildman–Crippen LogP) is 2.48. The topological polar surface area (TPSA) is 50.4 Å². The highest BCUT2D eigenvalue weighted by atomic mass is 16.5. The van der Waals surface area contributed by atoms with Crippen molar-refractivity contribution in [3.63, 3.8) is 0 Å². The lowest BCUT2D eigenvalue weighted by Gasteiger charge is -2.14. The van der Waals surface area contributed by atoms with Gasteiger partial charge in [-0.3, -0.25) is 4.79 Å². The number of carbonyl (C=O) groups excluding carboxylic acids is 1. The average molecular weight is 278 g/mol. The van der Waals surface area contributed by atoms with Crippen LogP contribution in [0.15, 0.2) is 24.3 Å². The van der Waals surface area contributed by atoms with Crippen LogP contribution < -0.4 is 15.4 Å².